The summed E-state index contributed by atoms with van der Waals surface area (Å²) in [5, 5.41) is 10.8. The SMILES string of the molecule is O=[N+]([O-])c1ccc(C2OCCc3cc4c(cc32)OCO4)cc1. The van der Waals surface area contributed by atoms with Crippen molar-refractivity contribution in [3.05, 3.63) is 63.2 Å². The molecule has 0 N–H and O–H groups in total. The van der Waals surface area contributed by atoms with Crippen LogP contribution in [0.5, 0.6) is 11.5 Å². The van der Waals surface area contributed by atoms with Crippen LogP contribution in [0.4, 0.5) is 5.69 Å². The topological polar surface area (TPSA) is 70.8 Å². The molecule has 1 atom stereocenters. The van der Waals surface area contributed by atoms with Crippen molar-refractivity contribution in [3.63, 3.8) is 0 Å². The molecule has 0 saturated carbocycles. The standard InChI is InChI=1S/C16H13NO5/c18-17(19)12-3-1-10(2-4-12)16-13-8-15-14(21-9-22-15)7-11(13)5-6-20-16/h1-4,7-8,16H,5-6,9H2. The van der Waals surface area contributed by atoms with Crippen LogP contribution in [0.2, 0.25) is 0 Å². The first kappa shape index (κ1) is 13.1. The van der Waals surface area contributed by atoms with E-state index >= 15 is 0 Å². The summed E-state index contributed by atoms with van der Waals surface area (Å²) in [4.78, 5) is 10.4. The first-order valence-electron chi connectivity index (χ1n) is 7.01. The number of rotatable bonds is 2. The van der Waals surface area contributed by atoms with E-state index in [1.165, 1.54) is 17.7 Å². The molecule has 1 unspecified atom stereocenters. The van der Waals surface area contributed by atoms with E-state index in [4.69, 9.17) is 14.2 Å². The van der Waals surface area contributed by atoms with Gasteiger partial charge in [-0.1, -0.05) is 0 Å². The van der Waals surface area contributed by atoms with Gasteiger partial charge in [0.1, 0.15) is 6.10 Å². The quantitative estimate of drug-likeness (QED) is 0.629. The van der Waals surface area contributed by atoms with Gasteiger partial charge in [0.25, 0.3) is 5.69 Å². The number of nitrogens with zero attached hydrogens (tertiary/aromatic N) is 1. The van der Waals surface area contributed by atoms with Crippen LogP contribution in [0.25, 0.3) is 0 Å². The van der Waals surface area contributed by atoms with Gasteiger partial charge in [-0.2, -0.15) is 0 Å². The molecule has 2 heterocycles. The smallest absolute Gasteiger partial charge is 0.269 e. The highest BCUT2D eigenvalue weighted by molar-refractivity contribution is 5.52. The zero-order chi connectivity index (χ0) is 15.1. The number of fused-ring (bicyclic) bond motifs is 2. The van der Waals surface area contributed by atoms with Crippen LogP contribution in [-0.2, 0) is 11.2 Å². The third-order valence-corrected chi connectivity index (χ3v) is 3.98. The molecule has 2 aromatic rings. The second-order valence-electron chi connectivity index (χ2n) is 5.25. The number of hydrogen-bond acceptors (Lipinski definition) is 5. The summed E-state index contributed by atoms with van der Waals surface area (Å²) >= 11 is 0. The second-order valence-corrected chi connectivity index (χ2v) is 5.25. The maximum atomic E-state index is 10.8. The van der Waals surface area contributed by atoms with E-state index in [1.807, 2.05) is 12.1 Å². The normalized spacial score (nSPS) is 18.8. The Balaban J connectivity index is 1.74. The molecule has 6 nitrogen and oxygen atoms in total. The predicted octanol–water partition coefficient (Wildman–Crippen LogP) is 2.99. The van der Waals surface area contributed by atoms with Gasteiger partial charge in [-0.25, -0.2) is 0 Å². The molecule has 0 aliphatic carbocycles. The lowest BCUT2D eigenvalue weighted by Crippen LogP contribution is -2.17. The van der Waals surface area contributed by atoms with Crippen LogP contribution in [0.15, 0.2) is 36.4 Å². The summed E-state index contributed by atoms with van der Waals surface area (Å²) in [6.45, 7) is 0.843. The molecule has 6 heteroatoms. The molecular formula is C16H13NO5. The van der Waals surface area contributed by atoms with Crippen molar-refractivity contribution >= 4 is 5.69 Å². The fourth-order valence-corrected chi connectivity index (χ4v) is 2.88. The average Bonchev–Trinajstić information content (AvgIpc) is 2.99. The Morgan fingerprint density at radius 2 is 1.82 bits per heavy atom. The van der Waals surface area contributed by atoms with Crippen molar-refractivity contribution in [3.8, 4) is 11.5 Å². The Morgan fingerprint density at radius 3 is 2.55 bits per heavy atom. The second kappa shape index (κ2) is 4.99. The van der Waals surface area contributed by atoms with Crippen molar-refractivity contribution in [2.24, 2.45) is 0 Å². The molecule has 2 aliphatic rings. The molecule has 0 bridgehead atoms. The van der Waals surface area contributed by atoms with Gasteiger partial charge in [0.2, 0.25) is 6.79 Å². The van der Waals surface area contributed by atoms with E-state index in [0.717, 1.165) is 29.0 Å². The highest BCUT2D eigenvalue weighted by Gasteiger charge is 2.27. The molecule has 0 amide bonds. The van der Waals surface area contributed by atoms with E-state index < -0.39 is 4.92 Å². The molecule has 2 aliphatic heterocycles. The molecule has 2 aromatic carbocycles. The highest BCUT2D eigenvalue weighted by atomic mass is 16.7. The molecule has 4 rings (SSSR count). The lowest BCUT2D eigenvalue weighted by Gasteiger charge is -2.26. The minimum atomic E-state index is -0.405. The van der Waals surface area contributed by atoms with Crippen molar-refractivity contribution in [2.45, 2.75) is 12.5 Å². The summed E-state index contributed by atoms with van der Waals surface area (Å²) in [5.41, 5.74) is 3.17. The van der Waals surface area contributed by atoms with Gasteiger partial charge < -0.3 is 14.2 Å². The maximum absolute atomic E-state index is 10.8. The molecule has 0 radical (unpaired) electrons. The number of nitro groups is 1. The predicted molar refractivity (Wildman–Crippen MR) is 77.2 cm³/mol. The van der Waals surface area contributed by atoms with Crippen LogP contribution in [0.3, 0.4) is 0 Å². The fourth-order valence-electron chi connectivity index (χ4n) is 2.88. The Kier molecular flexibility index (Phi) is 2.97. The summed E-state index contributed by atoms with van der Waals surface area (Å²) < 4.78 is 16.7. The van der Waals surface area contributed by atoms with Gasteiger partial charge in [0.15, 0.2) is 11.5 Å². The zero-order valence-electron chi connectivity index (χ0n) is 11.7. The molecule has 0 saturated heterocycles. The van der Waals surface area contributed by atoms with Crippen molar-refractivity contribution in [1.82, 2.24) is 0 Å². The van der Waals surface area contributed by atoms with Crippen LogP contribution in [-0.4, -0.2) is 18.3 Å². The lowest BCUT2D eigenvalue weighted by atomic mass is 9.92. The van der Waals surface area contributed by atoms with E-state index in [-0.39, 0.29) is 18.6 Å². The van der Waals surface area contributed by atoms with Crippen LogP contribution < -0.4 is 9.47 Å². The van der Waals surface area contributed by atoms with Gasteiger partial charge in [-0.15, -0.1) is 0 Å². The van der Waals surface area contributed by atoms with Crippen LogP contribution in [0.1, 0.15) is 22.8 Å². The van der Waals surface area contributed by atoms with E-state index in [9.17, 15) is 10.1 Å². The van der Waals surface area contributed by atoms with Gasteiger partial charge in [0.05, 0.1) is 11.5 Å². The Labute approximate surface area is 126 Å². The summed E-state index contributed by atoms with van der Waals surface area (Å²) in [5.74, 6) is 1.49. The van der Waals surface area contributed by atoms with Gasteiger partial charge in [-0.3, -0.25) is 10.1 Å². The third-order valence-electron chi connectivity index (χ3n) is 3.98. The Bertz CT molecular complexity index is 741. The largest absolute Gasteiger partial charge is 0.454 e. The monoisotopic (exact) mass is 299 g/mol. The first-order valence-corrected chi connectivity index (χ1v) is 7.01. The third kappa shape index (κ3) is 2.08. The molecule has 0 fully saturated rings. The lowest BCUT2D eigenvalue weighted by molar-refractivity contribution is -0.384. The van der Waals surface area contributed by atoms with Gasteiger partial charge >= 0.3 is 0 Å². The van der Waals surface area contributed by atoms with Crippen molar-refractivity contribution in [1.29, 1.82) is 0 Å². The van der Waals surface area contributed by atoms with Gasteiger partial charge in [-0.05, 0) is 47.4 Å². The Morgan fingerprint density at radius 1 is 1.09 bits per heavy atom. The molecule has 22 heavy (non-hydrogen) atoms. The summed E-state index contributed by atoms with van der Waals surface area (Å²) in [6, 6.07) is 10.4. The fraction of sp³-hybridized carbons (Fsp3) is 0.250. The van der Waals surface area contributed by atoms with Crippen LogP contribution >= 0.6 is 0 Å². The first-order chi connectivity index (χ1) is 10.7. The van der Waals surface area contributed by atoms with Gasteiger partial charge in [0, 0.05) is 12.1 Å². The van der Waals surface area contributed by atoms with E-state index in [2.05, 4.69) is 0 Å². The highest BCUT2D eigenvalue weighted by Crippen LogP contribution is 2.41. The number of ether oxygens (including phenoxy) is 3. The van der Waals surface area contributed by atoms with Crippen molar-refractivity contribution < 1.29 is 19.1 Å². The minimum Gasteiger partial charge on any atom is -0.454 e. The molecule has 112 valence electrons. The molecule has 0 aromatic heterocycles. The minimum absolute atomic E-state index is 0.0745. The average molecular weight is 299 g/mol. The zero-order valence-corrected chi connectivity index (χ0v) is 11.7. The van der Waals surface area contributed by atoms with E-state index in [0.29, 0.717) is 6.61 Å². The van der Waals surface area contributed by atoms with E-state index in [1.54, 1.807) is 12.1 Å². The summed E-state index contributed by atoms with van der Waals surface area (Å²) in [6.07, 6.45) is 0.578. The maximum Gasteiger partial charge on any atom is 0.269 e. The number of hydrogen-bond donors (Lipinski definition) is 0. The molecule has 0 spiro atoms. The van der Waals surface area contributed by atoms with Crippen LogP contribution in [0, 0.1) is 10.1 Å². The number of benzene rings is 2. The Hall–Kier alpha value is -2.60. The number of non-ortho nitro benzene ring substituents is 1. The number of nitro benzene ring substituents is 1. The summed E-state index contributed by atoms with van der Waals surface area (Å²) in [7, 11) is 0. The molecular weight excluding hydrogens is 286 g/mol. The van der Waals surface area contributed by atoms with Crippen molar-refractivity contribution in [2.75, 3.05) is 13.4 Å².